The molecule has 1 N–H and O–H groups in total. The van der Waals surface area contributed by atoms with Crippen molar-refractivity contribution in [2.45, 2.75) is 41.6 Å². The van der Waals surface area contributed by atoms with Crippen molar-refractivity contribution < 1.29 is 22.7 Å². The number of sulfone groups is 1. The molecule has 1 saturated carbocycles. The minimum atomic E-state index is -3.01. The molecule has 4 rings (SSSR count). The topological polar surface area (TPSA) is 89.5 Å². The van der Waals surface area contributed by atoms with Gasteiger partial charge in [-0.15, -0.1) is 11.8 Å². The van der Waals surface area contributed by atoms with E-state index in [0.29, 0.717) is 22.4 Å². The molecule has 0 spiro atoms. The van der Waals surface area contributed by atoms with Gasteiger partial charge in [0.05, 0.1) is 17.1 Å². The van der Waals surface area contributed by atoms with E-state index < -0.39 is 21.9 Å². The summed E-state index contributed by atoms with van der Waals surface area (Å²) in [7, 11) is -3.01. The van der Waals surface area contributed by atoms with Gasteiger partial charge in [-0.05, 0) is 31.4 Å². The molecule has 2 fully saturated rings. The van der Waals surface area contributed by atoms with Crippen LogP contribution in [0.2, 0.25) is 0 Å². The fourth-order valence-corrected chi connectivity index (χ4v) is 6.96. The van der Waals surface area contributed by atoms with E-state index in [0.717, 1.165) is 12.8 Å². The molecule has 1 saturated heterocycles. The van der Waals surface area contributed by atoms with Crippen LogP contribution in [0.5, 0.6) is 0 Å². The van der Waals surface area contributed by atoms with Crippen molar-refractivity contribution in [2.24, 2.45) is 0 Å². The molecule has 2 aromatic carbocycles. The number of ether oxygens (including phenoxy) is 1. The summed E-state index contributed by atoms with van der Waals surface area (Å²) < 4.78 is 29.2. The fourth-order valence-electron chi connectivity index (χ4n) is 3.35. The van der Waals surface area contributed by atoms with Crippen molar-refractivity contribution in [3.63, 3.8) is 0 Å². The summed E-state index contributed by atoms with van der Waals surface area (Å²) in [5.41, 5.74) is 0.947. The van der Waals surface area contributed by atoms with Crippen LogP contribution in [0.3, 0.4) is 0 Å². The van der Waals surface area contributed by atoms with Crippen molar-refractivity contribution in [1.29, 1.82) is 0 Å². The third kappa shape index (κ3) is 5.23. The maximum Gasteiger partial charge on any atom is 0.340 e. The minimum absolute atomic E-state index is 0.0907. The lowest BCUT2D eigenvalue weighted by molar-refractivity contribution is -0.130. The van der Waals surface area contributed by atoms with Crippen LogP contribution in [0, 0.1) is 0 Å². The Balaban J connectivity index is 1.53. The quantitative estimate of drug-likeness (QED) is 0.659. The van der Waals surface area contributed by atoms with E-state index >= 15 is 0 Å². The van der Waals surface area contributed by atoms with Crippen molar-refractivity contribution in [3.8, 4) is 0 Å². The molecular weight excluding hydrogens is 422 g/mol. The van der Waals surface area contributed by atoms with Crippen LogP contribution in [0.15, 0.2) is 59.5 Å². The summed E-state index contributed by atoms with van der Waals surface area (Å²) in [4.78, 5) is 26.4. The Morgan fingerprint density at radius 2 is 1.70 bits per heavy atom. The number of nitrogens with one attached hydrogen (secondary N) is 1. The van der Waals surface area contributed by atoms with Crippen LogP contribution in [0.4, 0.5) is 0 Å². The largest absolute Gasteiger partial charge is 0.444 e. The maximum absolute atomic E-state index is 13.0. The second-order valence-corrected chi connectivity index (χ2v) is 11.2. The minimum Gasteiger partial charge on any atom is -0.444 e. The van der Waals surface area contributed by atoms with Gasteiger partial charge in [-0.2, -0.15) is 0 Å². The van der Waals surface area contributed by atoms with Crippen LogP contribution in [0.1, 0.15) is 41.3 Å². The number of benzene rings is 2. The number of carbonyl (C=O) groups is 2. The molecule has 2 atom stereocenters. The Morgan fingerprint density at radius 1 is 1.00 bits per heavy atom. The zero-order chi connectivity index (χ0) is 21.1. The first kappa shape index (κ1) is 20.9. The lowest BCUT2D eigenvalue weighted by Crippen LogP contribution is -2.33. The Kier molecular flexibility index (Phi) is 6.15. The van der Waals surface area contributed by atoms with E-state index in [9.17, 15) is 18.0 Å². The first-order chi connectivity index (χ1) is 14.4. The van der Waals surface area contributed by atoms with Gasteiger partial charge in [0.15, 0.2) is 9.84 Å². The van der Waals surface area contributed by atoms with Gasteiger partial charge in [0.1, 0.15) is 0 Å². The monoisotopic (exact) mass is 445 g/mol. The van der Waals surface area contributed by atoms with E-state index in [2.05, 4.69) is 5.32 Å². The average Bonchev–Trinajstić information content (AvgIpc) is 3.48. The number of amides is 1. The first-order valence-electron chi connectivity index (χ1n) is 9.94. The molecule has 30 heavy (non-hydrogen) atoms. The molecule has 0 unspecified atom stereocenters. The van der Waals surface area contributed by atoms with E-state index in [1.807, 2.05) is 6.07 Å². The summed E-state index contributed by atoms with van der Waals surface area (Å²) in [6, 6.07) is 16.1. The van der Waals surface area contributed by atoms with Gasteiger partial charge in [0, 0.05) is 21.8 Å². The maximum atomic E-state index is 13.0. The smallest absolute Gasteiger partial charge is 0.340 e. The Hall–Kier alpha value is -2.32. The SMILES string of the molecule is O=C(O[C@@H](C(=O)NC1CC1)c1ccccc1)c1ccccc1S[C@@H]1CCS(=O)(=O)C1. The lowest BCUT2D eigenvalue weighted by atomic mass is 10.1. The molecular formula is C22H23NO5S2. The summed E-state index contributed by atoms with van der Waals surface area (Å²) in [6.07, 6.45) is 1.40. The zero-order valence-electron chi connectivity index (χ0n) is 16.3. The molecule has 8 heteroatoms. The molecule has 0 radical (unpaired) electrons. The van der Waals surface area contributed by atoms with Gasteiger partial charge in [0.25, 0.3) is 5.91 Å². The molecule has 0 bridgehead atoms. The third-order valence-electron chi connectivity index (χ3n) is 5.08. The number of thioether (sulfide) groups is 1. The molecule has 6 nitrogen and oxygen atoms in total. The summed E-state index contributed by atoms with van der Waals surface area (Å²) in [6.45, 7) is 0. The predicted molar refractivity (Wildman–Crippen MR) is 115 cm³/mol. The highest BCUT2D eigenvalue weighted by atomic mass is 32.2. The second-order valence-electron chi connectivity index (χ2n) is 7.62. The number of carbonyl (C=O) groups excluding carboxylic acids is 2. The standard InChI is InChI=1S/C22H23NO5S2/c24-21(23-16-10-11-16)20(15-6-2-1-3-7-15)28-22(25)18-8-4-5-9-19(18)29-17-12-13-30(26,27)14-17/h1-9,16-17,20H,10-14H2,(H,23,24)/t17-,20-/m1/s1. The third-order valence-corrected chi connectivity index (χ3v) is 8.40. The van der Waals surface area contributed by atoms with Gasteiger partial charge in [-0.1, -0.05) is 42.5 Å². The zero-order valence-corrected chi connectivity index (χ0v) is 18.0. The van der Waals surface area contributed by atoms with Gasteiger partial charge in [0.2, 0.25) is 6.10 Å². The van der Waals surface area contributed by atoms with E-state index in [4.69, 9.17) is 4.74 Å². The van der Waals surface area contributed by atoms with Crippen LogP contribution in [-0.2, 0) is 19.4 Å². The second kappa shape index (κ2) is 8.81. The number of esters is 1. The molecule has 2 aliphatic rings. The van der Waals surface area contributed by atoms with Crippen LogP contribution in [-0.4, -0.2) is 43.1 Å². The summed E-state index contributed by atoms with van der Waals surface area (Å²) in [5, 5.41) is 2.81. The van der Waals surface area contributed by atoms with Crippen molar-refractivity contribution >= 4 is 33.5 Å². The number of rotatable bonds is 7. The highest BCUT2D eigenvalue weighted by molar-refractivity contribution is 8.02. The number of hydrogen-bond acceptors (Lipinski definition) is 6. The van der Waals surface area contributed by atoms with Crippen LogP contribution < -0.4 is 5.32 Å². The average molecular weight is 446 g/mol. The van der Waals surface area contributed by atoms with Crippen LogP contribution in [0.25, 0.3) is 0 Å². The van der Waals surface area contributed by atoms with Gasteiger partial charge in [-0.25, -0.2) is 13.2 Å². The Labute approximate surface area is 180 Å². The Bertz CT molecular complexity index is 1030. The van der Waals surface area contributed by atoms with Crippen molar-refractivity contribution in [1.82, 2.24) is 5.32 Å². The summed E-state index contributed by atoms with van der Waals surface area (Å²) >= 11 is 1.38. The highest BCUT2D eigenvalue weighted by Crippen LogP contribution is 2.34. The molecule has 1 aliphatic heterocycles. The normalized spacial score (nSPS) is 21.0. The Morgan fingerprint density at radius 3 is 2.37 bits per heavy atom. The van der Waals surface area contributed by atoms with Crippen molar-refractivity contribution in [2.75, 3.05) is 11.5 Å². The molecule has 1 amide bonds. The molecule has 1 heterocycles. The molecule has 1 aliphatic carbocycles. The first-order valence-corrected chi connectivity index (χ1v) is 12.6. The van der Waals surface area contributed by atoms with Crippen LogP contribution >= 0.6 is 11.8 Å². The van der Waals surface area contributed by atoms with Gasteiger partial charge < -0.3 is 10.1 Å². The number of hydrogen-bond donors (Lipinski definition) is 1. The van der Waals surface area contributed by atoms with Crippen molar-refractivity contribution in [3.05, 3.63) is 65.7 Å². The van der Waals surface area contributed by atoms with E-state index in [-0.39, 0.29) is 28.7 Å². The fraction of sp³-hybridized carbons (Fsp3) is 0.364. The lowest BCUT2D eigenvalue weighted by Gasteiger charge is -2.19. The highest BCUT2D eigenvalue weighted by Gasteiger charge is 2.33. The van der Waals surface area contributed by atoms with E-state index in [1.165, 1.54) is 11.8 Å². The molecule has 158 valence electrons. The summed E-state index contributed by atoms with van der Waals surface area (Å²) in [5.74, 6) is -0.644. The molecule has 0 aromatic heterocycles. The predicted octanol–water partition coefficient (Wildman–Crippen LogP) is 3.14. The van der Waals surface area contributed by atoms with Gasteiger partial charge in [-0.3, -0.25) is 4.79 Å². The van der Waals surface area contributed by atoms with Gasteiger partial charge >= 0.3 is 5.97 Å². The molecule has 2 aromatic rings. The van der Waals surface area contributed by atoms with E-state index in [1.54, 1.807) is 48.5 Å².